The summed E-state index contributed by atoms with van der Waals surface area (Å²) in [6, 6.07) is 3.95. The van der Waals surface area contributed by atoms with Gasteiger partial charge in [0.15, 0.2) is 0 Å². The number of hydrogen-bond acceptors (Lipinski definition) is 4. The normalized spacial score (nSPS) is 20.6. The van der Waals surface area contributed by atoms with E-state index < -0.39 is 0 Å². The van der Waals surface area contributed by atoms with Crippen molar-refractivity contribution in [3.8, 4) is 0 Å². The van der Waals surface area contributed by atoms with Crippen LogP contribution in [0.3, 0.4) is 0 Å². The molecule has 6 nitrogen and oxygen atoms in total. The second kappa shape index (κ2) is 5.88. The highest BCUT2D eigenvalue weighted by molar-refractivity contribution is 9.10. The average molecular weight is 391 g/mol. The Hall–Kier alpha value is -1.89. The van der Waals surface area contributed by atoms with Crippen molar-refractivity contribution in [2.75, 3.05) is 18.0 Å². The summed E-state index contributed by atoms with van der Waals surface area (Å²) in [6.45, 7) is 3.40. The van der Waals surface area contributed by atoms with Crippen LogP contribution in [0.15, 0.2) is 21.4 Å². The van der Waals surface area contributed by atoms with Crippen LogP contribution in [0.5, 0.6) is 0 Å². The largest absolute Gasteiger partial charge is 0.368 e. The number of aromatic nitrogens is 2. The number of hydrogen-bond donors (Lipinski definition) is 2. The molecule has 1 aromatic carbocycles. The van der Waals surface area contributed by atoms with E-state index in [-0.39, 0.29) is 23.4 Å². The third-order valence-corrected chi connectivity index (χ3v) is 5.35. The van der Waals surface area contributed by atoms with Crippen molar-refractivity contribution in [2.45, 2.75) is 32.2 Å². The Morgan fingerprint density at radius 1 is 1.38 bits per heavy atom. The lowest BCUT2D eigenvalue weighted by Gasteiger charge is -2.21. The molecule has 0 unspecified atom stereocenters. The number of aromatic amines is 1. The highest BCUT2D eigenvalue weighted by Crippen LogP contribution is 2.33. The van der Waals surface area contributed by atoms with Gasteiger partial charge < -0.3 is 15.2 Å². The van der Waals surface area contributed by atoms with Crippen LogP contribution < -0.4 is 15.8 Å². The number of carbonyl (C=O) groups excluding carboxylic acids is 1. The molecule has 0 spiro atoms. The maximum absolute atomic E-state index is 12.2. The van der Waals surface area contributed by atoms with Gasteiger partial charge in [-0.3, -0.25) is 9.59 Å². The number of anilines is 1. The van der Waals surface area contributed by atoms with Gasteiger partial charge in [-0.05, 0) is 54.2 Å². The summed E-state index contributed by atoms with van der Waals surface area (Å²) < 4.78 is 0.918. The van der Waals surface area contributed by atoms with Crippen LogP contribution >= 0.6 is 15.9 Å². The van der Waals surface area contributed by atoms with E-state index in [1.807, 2.05) is 12.1 Å². The van der Waals surface area contributed by atoms with Crippen molar-refractivity contribution in [2.24, 2.45) is 5.92 Å². The Morgan fingerprint density at radius 3 is 2.92 bits per heavy atom. The molecule has 2 fully saturated rings. The Morgan fingerprint density at radius 2 is 2.17 bits per heavy atom. The van der Waals surface area contributed by atoms with E-state index in [4.69, 9.17) is 0 Å². The van der Waals surface area contributed by atoms with E-state index in [0.29, 0.717) is 16.7 Å². The number of fused-ring (bicyclic) bond motifs is 1. The summed E-state index contributed by atoms with van der Waals surface area (Å²) in [5.74, 6) is 1.03. The lowest BCUT2D eigenvalue weighted by molar-refractivity contribution is -0.122. The minimum atomic E-state index is -0.121. The van der Waals surface area contributed by atoms with Gasteiger partial charge in [-0.15, -0.1) is 0 Å². The molecule has 0 bridgehead atoms. The lowest BCUT2D eigenvalue weighted by atomic mass is 10.2. The standard InChI is InChI=1S/C17H19BrN4O2/c1-9-19-14-7-13(18)15(6-12(14)17(24)20-9)22-5-4-11(8-22)21-16(23)10-2-3-10/h6-7,10-11H,2-5,8H2,1H3,(H,21,23)(H,19,20,24)/t11-/m0/s1. The van der Waals surface area contributed by atoms with Gasteiger partial charge in [0.05, 0.1) is 16.6 Å². The first-order chi connectivity index (χ1) is 11.5. The van der Waals surface area contributed by atoms with Crippen molar-refractivity contribution in [1.82, 2.24) is 15.3 Å². The van der Waals surface area contributed by atoms with E-state index in [1.165, 1.54) is 0 Å². The summed E-state index contributed by atoms with van der Waals surface area (Å²) >= 11 is 3.60. The van der Waals surface area contributed by atoms with E-state index in [2.05, 4.69) is 36.1 Å². The molecule has 2 aromatic rings. The summed E-state index contributed by atoms with van der Waals surface area (Å²) in [5.41, 5.74) is 1.54. The summed E-state index contributed by atoms with van der Waals surface area (Å²) in [5, 5.41) is 3.73. The predicted octanol–water partition coefficient (Wildman–Crippen LogP) is 2.10. The van der Waals surface area contributed by atoms with Crippen molar-refractivity contribution < 1.29 is 4.79 Å². The van der Waals surface area contributed by atoms with E-state index in [9.17, 15) is 9.59 Å². The maximum Gasteiger partial charge on any atom is 0.258 e. The Balaban J connectivity index is 1.58. The number of H-pyrrole nitrogens is 1. The molecule has 1 aromatic heterocycles. The first-order valence-corrected chi connectivity index (χ1v) is 9.06. The second-order valence-electron chi connectivity index (χ2n) is 6.69. The quantitative estimate of drug-likeness (QED) is 0.840. The molecule has 126 valence electrons. The van der Waals surface area contributed by atoms with Crippen molar-refractivity contribution >= 4 is 38.4 Å². The van der Waals surface area contributed by atoms with Crippen LogP contribution in [0, 0.1) is 12.8 Å². The summed E-state index contributed by atoms with van der Waals surface area (Å²) in [4.78, 5) is 33.5. The van der Waals surface area contributed by atoms with Gasteiger partial charge in [0.1, 0.15) is 5.82 Å². The van der Waals surface area contributed by atoms with Crippen LogP contribution in [0.25, 0.3) is 10.9 Å². The van der Waals surface area contributed by atoms with Crippen LogP contribution in [0.4, 0.5) is 5.69 Å². The Bertz CT molecular complexity index is 875. The number of carbonyl (C=O) groups is 1. The zero-order valence-corrected chi connectivity index (χ0v) is 15.0. The molecular weight excluding hydrogens is 372 g/mol. The molecule has 0 radical (unpaired) electrons. The molecule has 2 aliphatic rings. The number of rotatable bonds is 3. The van der Waals surface area contributed by atoms with Gasteiger partial charge in [0.2, 0.25) is 5.91 Å². The smallest absolute Gasteiger partial charge is 0.258 e. The van der Waals surface area contributed by atoms with Crippen LogP contribution in [0.2, 0.25) is 0 Å². The number of aryl methyl sites for hydroxylation is 1. The molecule has 1 saturated carbocycles. The van der Waals surface area contributed by atoms with Gasteiger partial charge in [-0.25, -0.2) is 4.98 Å². The minimum Gasteiger partial charge on any atom is -0.368 e. The number of amides is 1. The maximum atomic E-state index is 12.2. The van der Waals surface area contributed by atoms with Crippen LogP contribution in [0.1, 0.15) is 25.1 Å². The summed E-state index contributed by atoms with van der Waals surface area (Å²) in [6.07, 6.45) is 2.97. The number of nitrogens with one attached hydrogen (secondary N) is 2. The SMILES string of the molecule is Cc1nc2cc(Br)c(N3CC[C@H](NC(=O)C4CC4)C3)cc2c(=O)[nH]1. The zero-order chi connectivity index (χ0) is 16.8. The highest BCUT2D eigenvalue weighted by atomic mass is 79.9. The van der Waals surface area contributed by atoms with Gasteiger partial charge >= 0.3 is 0 Å². The molecule has 2 heterocycles. The van der Waals surface area contributed by atoms with Gasteiger partial charge in [-0.2, -0.15) is 0 Å². The Labute approximate surface area is 147 Å². The van der Waals surface area contributed by atoms with Crippen molar-refractivity contribution in [1.29, 1.82) is 0 Å². The highest BCUT2D eigenvalue weighted by Gasteiger charge is 2.33. The summed E-state index contributed by atoms with van der Waals surface area (Å²) in [7, 11) is 0. The van der Waals surface area contributed by atoms with E-state index in [0.717, 1.165) is 42.5 Å². The Kier molecular flexibility index (Phi) is 3.83. The molecule has 2 N–H and O–H groups in total. The second-order valence-corrected chi connectivity index (χ2v) is 7.54. The number of benzene rings is 1. The fraction of sp³-hybridized carbons (Fsp3) is 0.471. The predicted molar refractivity (Wildman–Crippen MR) is 96.3 cm³/mol. The van der Waals surface area contributed by atoms with Crippen molar-refractivity contribution in [3.05, 3.63) is 32.8 Å². The molecular formula is C17H19BrN4O2. The lowest BCUT2D eigenvalue weighted by Crippen LogP contribution is -2.38. The fourth-order valence-corrected chi connectivity index (χ4v) is 3.85. The monoisotopic (exact) mass is 390 g/mol. The van der Waals surface area contributed by atoms with E-state index >= 15 is 0 Å². The van der Waals surface area contributed by atoms with Crippen LogP contribution in [-0.4, -0.2) is 35.0 Å². The minimum absolute atomic E-state index is 0.121. The van der Waals surface area contributed by atoms with Gasteiger partial charge in [0, 0.05) is 29.5 Å². The zero-order valence-electron chi connectivity index (χ0n) is 13.4. The fourth-order valence-electron chi connectivity index (χ4n) is 3.27. The molecule has 24 heavy (non-hydrogen) atoms. The van der Waals surface area contributed by atoms with Crippen molar-refractivity contribution in [3.63, 3.8) is 0 Å². The van der Waals surface area contributed by atoms with E-state index in [1.54, 1.807) is 6.92 Å². The first-order valence-electron chi connectivity index (χ1n) is 8.27. The molecule has 4 rings (SSSR count). The molecule has 1 aliphatic heterocycles. The molecule has 1 atom stereocenters. The number of nitrogens with zero attached hydrogens (tertiary/aromatic N) is 2. The third-order valence-electron chi connectivity index (χ3n) is 4.72. The molecule has 7 heteroatoms. The molecule has 1 saturated heterocycles. The topological polar surface area (TPSA) is 78.1 Å². The molecule has 1 amide bonds. The first kappa shape index (κ1) is 15.6. The van der Waals surface area contributed by atoms with Gasteiger partial charge in [-0.1, -0.05) is 0 Å². The number of halogens is 1. The average Bonchev–Trinajstić information content (AvgIpc) is 3.27. The van der Waals surface area contributed by atoms with Crippen LogP contribution in [-0.2, 0) is 4.79 Å². The third kappa shape index (κ3) is 2.92. The molecule has 1 aliphatic carbocycles. The van der Waals surface area contributed by atoms with Gasteiger partial charge in [0.25, 0.3) is 5.56 Å².